The Bertz CT molecular complexity index is 719. The summed E-state index contributed by atoms with van der Waals surface area (Å²) in [5.74, 6) is 0.825. The number of carbonyl (C=O) groups is 1. The molecule has 3 heterocycles. The number of fused-ring (bicyclic) bond motifs is 1. The Labute approximate surface area is 140 Å². The van der Waals surface area contributed by atoms with E-state index in [0.29, 0.717) is 18.2 Å². The second-order valence-corrected chi connectivity index (χ2v) is 7.21. The van der Waals surface area contributed by atoms with E-state index in [1.807, 2.05) is 12.3 Å². The summed E-state index contributed by atoms with van der Waals surface area (Å²) in [6, 6.07) is 5.30. The van der Waals surface area contributed by atoms with Crippen molar-refractivity contribution in [2.45, 2.75) is 45.4 Å². The molecule has 6 heteroatoms. The zero-order valence-electron chi connectivity index (χ0n) is 14.0. The standard InChI is InChI=1S/C18H22N2O4/c1-18(2)15-13(5-3-10-22-15)16(18)24-17(21)14-7-6-12(23-14)11-20-9-4-8-19-20/h4,6-9,13,15-16H,3,5,10-11H2,1-2H3/t13-,15+,16+/m0/s1. The molecule has 24 heavy (non-hydrogen) atoms. The summed E-state index contributed by atoms with van der Waals surface area (Å²) in [5, 5.41) is 4.13. The van der Waals surface area contributed by atoms with E-state index >= 15 is 0 Å². The lowest BCUT2D eigenvalue weighted by Crippen LogP contribution is -2.65. The second kappa shape index (κ2) is 5.77. The number of rotatable bonds is 4. The van der Waals surface area contributed by atoms with Crippen LogP contribution in [0.2, 0.25) is 0 Å². The molecule has 2 aliphatic rings. The minimum Gasteiger partial charge on any atom is -0.455 e. The van der Waals surface area contributed by atoms with Crippen molar-refractivity contribution in [3.8, 4) is 0 Å². The Balaban J connectivity index is 1.42. The number of carbonyl (C=O) groups excluding carboxylic acids is 1. The van der Waals surface area contributed by atoms with Crippen LogP contribution in [-0.4, -0.2) is 34.6 Å². The maximum Gasteiger partial charge on any atom is 0.374 e. The van der Waals surface area contributed by atoms with Crippen molar-refractivity contribution in [3.05, 3.63) is 42.1 Å². The molecule has 0 amide bonds. The van der Waals surface area contributed by atoms with Gasteiger partial charge in [0.25, 0.3) is 0 Å². The summed E-state index contributed by atoms with van der Waals surface area (Å²) in [6.45, 7) is 5.50. The topological polar surface area (TPSA) is 66.5 Å². The minimum atomic E-state index is -0.399. The first kappa shape index (κ1) is 15.4. The average molecular weight is 330 g/mol. The normalized spacial score (nSPS) is 28.0. The van der Waals surface area contributed by atoms with Crippen molar-refractivity contribution in [2.75, 3.05) is 6.61 Å². The fourth-order valence-electron chi connectivity index (χ4n) is 4.01. The van der Waals surface area contributed by atoms with E-state index in [2.05, 4.69) is 18.9 Å². The second-order valence-electron chi connectivity index (χ2n) is 7.21. The summed E-state index contributed by atoms with van der Waals surface area (Å²) >= 11 is 0. The summed E-state index contributed by atoms with van der Waals surface area (Å²) in [5.41, 5.74) is -0.148. The van der Waals surface area contributed by atoms with Crippen molar-refractivity contribution in [3.63, 3.8) is 0 Å². The lowest BCUT2D eigenvalue weighted by molar-refractivity contribution is -0.243. The fraction of sp³-hybridized carbons (Fsp3) is 0.556. The van der Waals surface area contributed by atoms with Crippen LogP contribution in [0, 0.1) is 11.3 Å². The highest BCUT2D eigenvalue weighted by Gasteiger charge is 2.60. The van der Waals surface area contributed by atoms with Gasteiger partial charge in [-0.15, -0.1) is 0 Å². The number of aromatic nitrogens is 2. The van der Waals surface area contributed by atoms with Gasteiger partial charge in [0.05, 0.1) is 12.6 Å². The molecule has 1 aliphatic carbocycles. The number of furan rings is 1. The molecule has 128 valence electrons. The molecule has 0 spiro atoms. The van der Waals surface area contributed by atoms with Crippen molar-refractivity contribution < 1.29 is 18.7 Å². The number of hydrogen-bond donors (Lipinski definition) is 0. The van der Waals surface area contributed by atoms with Crippen molar-refractivity contribution in [1.82, 2.24) is 9.78 Å². The van der Waals surface area contributed by atoms with Gasteiger partial charge in [0.15, 0.2) is 0 Å². The zero-order valence-corrected chi connectivity index (χ0v) is 14.0. The van der Waals surface area contributed by atoms with Gasteiger partial charge in [-0.1, -0.05) is 13.8 Å². The summed E-state index contributed by atoms with van der Waals surface area (Å²) < 4.78 is 19.0. The van der Waals surface area contributed by atoms with E-state index in [0.717, 1.165) is 19.4 Å². The van der Waals surface area contributed by atoms with E-state index in [-0.39, 0.29) is 23.4 Å². The molecule has 2 fully saturated rings. The highest BCUT2D eigenvalue weighted by Crippen LogP contribution is 2.53. The van der Waals surface area contributed by atoms with Gasteiger partial charge in [-0.25, -0.2) is 4.79 Å². The molecule has 0 bridgehead atoms. The third-order valence-electron chi connectivity index (χ3n) is 5.20. The lowest BCUT2D eigenvalue weighted by Gasteiger charge is -2.58. The van der Waals surface area contributed by atoms with Gasteiger partial charge >= 0.3 is 5.97 Å². The van der Waals surface area contributed by atoms with Crippen LogP contribution in [0.3, 0.4) is 0 Å². The van der Waals surface area contributed by atoms with Crippen molar-refractivity contribution in [2.24, 2.45) is 11.3 Å². The zero-order chi connectivity index (χ0) is 16.7. The van der Waals surface area contributed by atoms with Crippen LogP contribution in [0.25, 0.3) is 0 Å². The van der Waals surface area contributed by atoms with Crippen LogP contribution in [0.5, 0.6) is 0 Å². The third-order valence-corrected chi connectivity index (χ3v) is 5.20. The van der Waals surface area contributed by atoms with Gasteiger partial charge in [-0.05, 0) is 31.0 Å². The number of hydrogen-bond acceptors (Lipinski definition) is 5. The van der Waals surface area contributed by atoms with Crippen LogP contribution in [0.15, 0.2) is 35.0 Å². The number of esters is 1. The van der Waals surface area contributed by atoms with Crippen LogP contribution in [0.4, 0.5) is 0 Å². The Morgan fingerprint density at radius 3 is 3.12 bits per heavy atom. The van der Waals surface area contributed by atoms with E-state index in [1.165, 1.54) is 0 Å². The molecule has 1 saturated carbocycles. The molecule has 0 unspecified atom stereocenters. The predicted molar refractivity (Wildman–Crippen MR) is 85.5 cm³/mol. The highest BCUT2D eigenvalue weighted by atomic mass is 16.6. The maximum atomic E-state index is 12.4. The molecular weight excluding hydrogens is 308 g/mol. The molecule has 1 saturated heterocycles. The maximum absolute atomic E-state index is 12.4. The molecule has 0 aromatic carbocycles. The van der Waals surface area contributed by atoms with Crippen LogP contribution >= 0.6 is 0 Å². The first-order chi connectivity index (χ1) is 11.6. The van der Waals surface area contributed by atoms with E-state index in [4.69, 9.17) is 13.9 Å². The molecule has 6 nitrogen and oxygen atoms in total. The molecular formula is C18H22N2O4. The largest absolute Gasteiger partial charge is 0.455 e. The van der Waals surface area contributed by atoms with Crippen molar-refractivity contribution in [1.29, 1.82) is 0 Å². The van der Waals surface area contributed by atoms with Crippen LogP contribution in [0.1, 0.15) is 43.0 Å². The van der Waals surface area contributed by atoms with Gasteiger partial charge in [0.2, 0.25) is 5.76 Å². The molecule has 0 N–H and O–H groups in total. The monoisotopic (exact) mass is 330 g/mol. The Morgan fingerprint density at radius 1 is 1.46 bits per heavy atom. The Kier molecular flexibility index (Phi) is 3.72. The Morgan fingerprint density at radius 2 is 2.33 bits per heavy atom. The quantitative estimate of drug-likeness (QED) is 0.807. The van der Waals surface area contributed by atoms with Gasteiger partial charge in [0.1, 0.15) is 11.9 Å². The van der Waals surface area contributed by atoms with Gasteiger partial charge in [0, 0.05) is 30.3 Å². The molecule has 1 aliphatic heterocycles. The van der Waals surface area contributed by atoms with Gasteiger partial charge in [-0.2, -0.15) is 5.10 Å². The van der Waals surface area contributed by atoms with E-state index in [9.17, 15) is 4.79 Å². The van der Waals surface area contributed by atoms with Gasteiger partial charge < -0.3 is 13.9 Å². The smallest absolute Gasteiger partial charge is 0.374 e. The highest BCUT2D eigenvalue weighted by molar-refractivity contribution is 5.86. The lowest BCUT2D eigenvalue weighted by atomic mass is 9.57. The first-order valence-corrected chi connectivity index (χ1v) is 8.44. The molecule has 4 rings (SSSR count). The predicted octanol–water partition coefficient (Wildman–Crippen LogP) is 2.88. The number of nitrogens with zero attached hydrogens (tertiary/aromatic N) is 2. The summed E-state index contributed by atoms with van der Waals surface area (Å²) in [4.78, 5) is 12.4. The minimum absolute atomic E-state index is 0.116. The van der Waals surface area contributed by atoms with Gasteiger partial charge in [-0.3, -0.25) is 4.68 Å². The molecule has 2 aromatic heterocycles. The molecule has 0 radical (unpaired) electrons. The summed E-state index contributed by atoms with van der Waals surface area (Å²) in [7, 11) is 0. The van der Waals surface area contributed by atoms with E-state index in [1.54, 1.807) is 23.0 Å². The van der Waals surface area contributed by atoms with Crippen LogP contribution in [-0.2, 0) is 16.0 Å². The van der Waals surface area contributed by atoms with Crippen molar-refractivity contribution >= 4 is 5.97 Å². The van der Waals surface area contributed by atoms with E-state index < -0.39 is 5.97 Å². The average Bonchev–Trinajstić information content (AvgIpc) is 3.25. The Hall–Kier alpha value is -2.08. The SMILES string of the molecule is CC1(C)[C@@H]2OCCC[C@@H]2[C@H]1OC(=O)c1ccc(Cn2cccn2)o1. The number of ether oxygens (including phenoxy) is 2. The first-order valence-electron chi connectivity index (χ1n) is 8.44. The molecule has 2 aromatic rings. The fourth-order valence-corrected chi connectivity index (χ4v) is 4.01. The molecule has 3 atom stereocenters. The third kappa shape index (κ3) is 2.55. The summed E-state index contributed by atoms with van der Waals surface area (Å²) in [6.07, 6.45) is 5.71. The van der Waals surface area contributed by atoms with Crippen LogP contribution < -0.4 is 0 Å².